The number of carbonyl (C=O) groups is 1. The van der Waals surface area contributed by atoms with Gasteiger partial charge in [-0.3, -0.25) is 4.79 Å². The smallest absolute Gasteiger partial charge is 0.229 e. The van der Waals surface area contributed by atoms with Gasteiger partial charge in [0.2, 0.25) is 11.2 Å². The molecule has 3 aromatic heterocycles. The normalized spacial score (nSPS) is 39.7. The maximum atomic E-state index is 12.5. The Labute approximate surface area is 229 Å². The minimum absolute atomic E-state index is 0.0328. The van der Waals surface area contributed by atoms with Crippen LogP contribution in [-0.2, 0) is 11.3 Å². The minimum atomic E-state index is -1.17. The number of fused-ring (bicyclic) bond motifs is 2. The lowest BCUT2D eigenvalue weighted by molar-refractivity contribution is -0.132. The molecular weight excluding hydrogens is 522 g/mol. The molecule has 6 fully saturated rings. The average molecular weight is 554 g/mol. The van der Waals surface area contributed by atoms with E-state index in [-0.39, 0.29) is 17.1 Å². The van der Waals surface area contributed by atoms with E-state index >= 15 is 0 Å². The molecule has 5 atom stereocenters. The van der Waals surface area contributed by atoms with Crippen LogP contribution in [0.5, 0.6) is 0 Å². The number of hydrogen-bond donors (Lipinski definition) is 4. The molecule has 4 bridgehead atoms. The van der Waals surface area contributed by atoms with E-state index < -0.39 is 23.7 Å². The quantitative estimate of drug-likeness (QED) is 0.334. The van der Waals surface area contributed by atoms with Crippen LogP contribution in [0.2, 0.25) is 5.28 Å². The van der Waals surface area contributed by atoms with Crippen molar-refractivity contribution in [2.24, 2.45) is 35.0 Å². The van der Waals surface area contributed by atoms with E-state index in [1.165, 1.54) is 39.2 Å². The monoisotopic (exact) mass is 553 g/mol. The highest BCUT2D eigenvalue weighted by molar-refractivity contribution is 6.28. The van der Waals surface area contributed by atoms with Gasteiger partial charge < -0.3 is 25.4 Å². The van der Waals surface area contributed by atoms with Crippen LogP contribution in [0.4, 0.5) is 5.82 Å². The molecule has 0 aromatic carbocycles. The molecule has 0 radical (unpaired) electrons. The Balaban J connectivity index is 1.03. The predicted molar refractivity (Wildman–Crippen MR) is 139 cm³/mol. The van der Waals surface area contributed by atoms with Gasteiger partial charge in [0.25, 0.3) is 0 Å². The van der Waals surface area contributed by atoms with Crippen molar-refractivity contribution in [3.05, 3.63) is 23.5 Å². The van der Waals surface area contributed by atoms with Gasteiger partial charge in [-0.05, 0) is 73.8 Å². The number of halogens is 1. The molecule has 12 nitrogen and oxygen atoms in total. The first-order valence-corrected chi connectivity index (χ1v) is 14.4. The van der Waals surface area contributed by atoms with E-state index in [0.717, 1.165) is 17.5 Å². The Morgan fingerprint density at radius 1 is 1.13 bits per heavy atom. The molecule has 0 saturated heterocycles. The fourth-order valence-corrected chi connectivity index (χ4v) is 9.23. The standard InChI is InChI=1S/C26H32ClN9O3/c1-28-24(39)26-7-16(26)19(20(37)21(26)38)35-10-30-17-22(31-25(27)32-23(17)35)29-8-15-9-36(34-33-15)18-13-3-11-2-12(5-13)6-14(18)4-11/h9-14,16,18-21,37-38H,2-8H2,1H3,(H,28,39)(H,29,31,32)/t11?,12?,13?,14?,16-,18?,19-,20+,21+,26+/m1/s1. The third kappa shape index (κ3) is 3.37. The van der Waals surface area contributed by atoms with Crippen LogP contribution < -0.4 is 10.6 Å². The van der Waals surface area contributed by atoms with Crippen LogP contribution in [-0.4, -0.2) is 69.9 Å². The lowest BCUT2D eigenvalue weighted by Gasteiger charge is -2.54. The van der Waals surface area contributed by atoms with Crippen molar-refractivity contribution in [2.45, 2.75) is 69.4 Å². The maximum absolute atomic E-state index is 12.5. The average Bonchev–Trinajstić information content (AvgIpc) is 3.15. The summed E-state index contributed by atoms with van der Waals surface area (Å²) in [5, 5.41) is 36.6. The van der Waals surface area contributed by atoms with E-state index in [4.69, 9.17) is 11.6 Å². The number of aliphatic hydroxyl groups excluding tert-OH is 2. The van der Waals surface area contributed by atoms with Crippen LogP contribution in [0.25, 0.3) is 11.2 Å². The van der Waals surface area contributed by atoms with Gasteiger partial charge in [0.15, 0.2) is 17.0 Å². The molecule has 0 unspecified atom stereocenters. The molecule has 9 rings (SSSR count). The number of imidazole rings is 1. The van der Waals surface area contributed by atoms with Crippen molar-refractivity contribution in [3.8, 4) is 0 Å². The van der Waals surface area contributed by atoms with Crippen LogP contribution in [0, 0.1) is 35.0 Å². The van der Waals surface area contributed by atoms with Crippen LogP contribution in [0.15, 0.2) is 12.5 Å². The highest BCUT2D eigenvalue weighted by atomic mass is 35.5. The Hall–Kier alpha value is -2.83. The number of nitrogens with one attached hydrogen (secondary N) is 2. The summed E-state index contributed by atoms with van der Waals surface area (Å²) in [6.07, 6.45) is 8.52. The SMILES string of the molecule is CNC(=O)[C@@]12C[C@@H]1[C@@H](n1cnc3c(NCc4cn(C5C6CC7CC(C6)CC5C7)nn4)nc(Cl)nc31)[C@H](O)[C@@H]2O. The molecule has 3 heterocycles. The van der Waals surface area contributed by atoms with Crippen molar-refractivity contribution in [2.75, 3.05) is 12.4 Å². The van der Waals surface area contributed by atoms with E-state index in [2.05, 4.69) is 46.8 Å². The second-order valence-corrected chi connectivity index (χ2v) is 12.8. The fourth-order valence-electron chi connectivity index (χ4n) is 9.06. The molecule has 0 spiro atoms. The van der Waals surface area contributed by atoms with Gasteiger partial charge in [0.05, 0.1) is 42.7 Å². The zero-order valence-corrected chi connectivity index (χ0v) is 22.4. The van der Waals surface area contributed by atoms with E-state index in [0.29, 0.717) is 47.8 Å². The summed E-state index contributed by atoms with van der Waals surface area (Å²) in [6, 6.07) is -0.102. The minimum Gasteiger partial charge on any atom is -0.389 e. The highest BCUT2D eigenvalue weighted by Gasteiger charge is 2.75. The summed E-state index contributed by atoms with van der Waals surface area (Å²) in [5.74, 6) is 3.21. The third-order valence-corrected chi connectivity index (χ3v) is 10.7. The molecule has 6 aliphatic carbocycles. The van der Waals surface area contributed by atoms with E-state index in [9.17, 15) is 15.0 Å². The molecule has 1 amide bonds. The predicted octanol–water partition coefficient (Wildman–Crippen LogP) is 1.71. The number of amides is 1. The maximum Gasteiger partial charge on any atom is 0.229 e. The van der Waals surface area contributed by atoms with Gasteiger partial charge in [-0.25, -0.2) is 9.67 Å². The number of rotatable bonds is 6. The summed E-state index contributed by atoms with van der Waals surface area (Å²) >= 11 is 6.32. The van der Waals surface area contributed by atoms with Gasteiger partial charge in [-0.1, -0.05) is 5.21 Å². The third-order valence-electron chi connectivity index (χ3n) is 10.5. The van der Waals surface area contributed by atoms with Crippen LogP contribution in [0.1, 0.15) is 56.3 Å². The van der Waals surface area contributed by atoms with Gasteiger partial charge in [-0.15, -0.1) is 5.10 Å². The summed E-state index contributed by atoms with van der Waals surface area (Å²) in [7, 11) is 1.54. The Morgan fingerprint density at radius 2 is 1.87 bits per heavy atom. The van der Waals surface area contributed by atoms with E-state index in [1.54, 1.807) is 10.9 Å². The molecule has 13 heteroatoms. The summed E-state index contributed by atoms with van der Waals surface area (Å²) < 4.78 is 3.81. The number of hydrogen-bond acceptors (Lipinski definition) is 9. The van der Waals surface area contributed by atoms with Crippen molar-refractivity contribution in [3.63, 3.8) is 0 Å². The second-order valence-electron chi connectivity index (χ2n) is 12.5. The van der Waals surface area contributed by atoms with Gasteiger partial charge in [0, 0.05) is 13.0 Å². The summed E-state index contributed by atoms with van der Waals surface area (Å²) in [6.45, 7) is 0.399. The van der Waals surface area contributed by atoms with Gasteiger partial charge in [-0.2, -0.15) is 9.97 Å². The first-order valence-electron chi connectivity index (χ1n) is 14.0. The Bertz CT molecular complexity index is 1450. The first kappa shape index (κ1) is 24.0. The molecule has 6 aliphatic rings. The largest absolute Gasteiger partial charge is 0.389 e. The first-order chi connectivity index (χ1) is 18.9. The molecule has 206 valence electrons. The topological polar surface area (TPSA) is 156 Å². The zero-order valence-electron chi connectivity index (χ0n) is 21.6. The second kappa shape index (κ2) is 8.34. The van der Waals surface area contributed by atoms with Crippen molar-refractivity contribution < 1.29 is 15.0 Å². The molecule has 39 heavy (non-hydrogen) atoms. The Kier molecular flexibility index (Phi) is 5.13. The zero-order chi connectivity index (χ0) is 26.6. The molecule has 6 saturated carbocycles. The molecule has 0 aliphatic heterocycles. The number of carbonyl (C=O) groups excluding carboxylic acids is 1. The lowest BCUT2D eigenvalue weighted by Crippen LogP contribution is -2.46. The molecule has 4 N–H and O–H groups in total. The highest BCUT2D eigenvalue weighted by Crippen LogP contribution is 2.68. The van der Waals surface area contributed by atoms with Crippen molar-refractivity contribution in [1.82, 2.24) is 39.8 Å². The van der Waals surface area contributed by atoms with Gasteiger partial charge in [0.1, 0.15) is 11.8 Å². The molecule has 3 aromatic rings. The summed E-state index contributed by atoms with van der Waals surface area (Å²) in [5.41, 5.74) is 0.753. The van der Waals surface area contributed by atoms with Crippen molar-refractivity contribution in [1.29, 1.82) is 0 Å². The number of nitrogens with zero attached hydrogens (tertiary/aromatic N) is 7. The van der Waals surface area contributed by atoms with E-state index in [1.807, 2.05) is 0 Å². The number of aromatic nitrogens is 7. The Morgan fingerprint density at radius 3 is 2.59 bits per heavy atom. The van der Waals surface area contributed by atoms with Crippen molar-refractivity contribution >= 4 is 34.5 Å². The lowest BCUT2D eigenvalue weighted by atomic mass is 9.54. The molecular formula is C26H32ClN9O3. The number of aliphatic hydroxyl groups is 2. The summed E-state index contributed by atoms with van der Waals surface area (Å²) in [4.78, 5) is 25.8. The number of anilines is 1. The van der Waals surface area contributed by atoms with Crippen LogP contribution >= 0.6 is 11.6 Å². The van der Waals surface area contributed by atoms with Gasteiger partial charge >= 0.3 is 0 Å². The van der Waals surface area contributed by atoms with Crippen LogP contribution in [0.3, 0.4) is 0 Å². The fraction of sp³-hybridized carbons (Fsp3) is 0.692.